The molecule has 18 heavy (non-hydrogen) atoms. The van der Waals surface area contributed by atoms with Gasteiger partial charge in [-0.1, -0.05) is 15.9 Å². The van der Waals surface area contributed by atoms with Gasteiger partial charge in [0.1, 0.15) is 6.29 Å². The average molecular weight is 335 g/mol. The van der Waals surface area contributed by atoms with Gasteiger partial charge in [-0.05, 0) is 23.8 Å². The maximum Gasteiger partial charge on any atom is 0.416 e. The zero-order valence-electron chi connectivity index (χ0n) is 8.44. The molecule has 0 N–H and O–H groups in total. The Balaban J connectivity index is 3.44. The van der Waals surface area contributed by atoms with Gasteiger partial charge < -0.3 is 4.79 Å². The molecule has 0 spiro atoms. The lowest BCUT2D eigenvalue weighted by Crippen LogP contribution is -2.13. The first-order chi connectivity index (χ1) is 8.07. The Hall–Kier alpha value is -1.05. The Morgan fingerprint density at radius 1 is 1.06 bits per heavy atom. The second-order valence-corrected chi connectivity index (χ2v) is 4.32. The van der Waals surface area contributed by atoms with Gasteiger partial charge in [0, 0.05) is 0 Å². The van der Waals surface area contributed by atoms with E-state index in [2.05, 4.69) is 15.9 Å². The van der Waals surface area contributed by atoms with Crippen LogP contribution in [0.1, 0.15) is 21.5 Å². The second-order valence-electron chi connectivity index (χ2n) is 3.34. The summed E-state index contributed by atoms with van der Waals surface area (Å²) in [7, 11) is 0. The molecule has 0 aromatic heterocycles. The molecule has 0 fully saturated rings. The van der Waals surface area contributed by atoms with Crippen molar-refractivity contribution < 1.29 is 31.1 Å². The minimum Gasteiger partial charge on any atom is -0.302 e. The molecule has 1 nitrogen and oxygen atoms in total. The van der Waals surface area contributed by atoms with Crippen LogP contribution < -0.4 is 0 Å². The van der Waals surface area contributed by atoms with Gasteiger partial charge in [0.25, 0.3) is 0 Å². The van der Waals surface area contributed by atoms with Crippen LogP contribution in [0, 0.1) is 0 Å². The van der Waals surface area contributed by atoms with Crippen molar-refractivity contribution in [3.05, 3.63) is 34.9 Å². The molecular weight excluding hydrogens is 330 g/mol. The minimum atomic E-state index is -4.82. The third kappa shape index (κ3) is 3.24. The lowest BCUT2D eigenvalue weighted by Gasteiger charge is -2.16. The summed E-state index contributed by atoms with van der Waals surface area (Å²) in [5.41, 5.74) is -3.27. The minimum absolute atomic E-state index is 0.0880. The number of benzene rings is 1. The molecule has 1 atom stereocenters. The maximum absolute atomic E-state index is 12.6. The van der Waals surface area contributed by atoms with E-state index in [1.807, 2.05) is 0 Å². The predicted molar refractivity (Wildman–Crippen MR) is 54.2 cm³/mol. The Bertz CT molecular complexity index is 451. The van der Waals surface area contributed by atoms with Crippen LogP contribution in [0.25, 0.3) is 0 Å². The van der Waals surface area contributed by atoms with E-state index in [1.54, 1.807) is 0 Å². The number of halogens is 7. The van der Waals surface area contributed by atoms with Crippen molar-refractivity contribution in [1.29, 1.82) is 0 Å². The van der Waals surface area contributed by atoms with Gasteiger partial charge >= 0.3 is 12.4 Å². The van der Waals surface area contributed by atoms with Crippen LogP contribution >= 0.6 is 15.9 Å². The fraction of sp³-hybridized carbons (Fsp3) is 0.300. The fourth-order valence-corrected chi connectivity index (χ4v) is 1.68. The quantitative estimate of drug-likeness (QED) is 0.446. The van der Waals surface area contributed by atoms with Crippen molar-refractivity contribution in [2.24, 2.45) is 0 Å². The van der Waals surface area contributed by atoms with Crippen LogP contribution in [-0.2, 0) is 17.1 Å². The molecule has 0 saturated heterocycles. The van der Waals surface area contributed by atoms with Gasteiger partial charge in [0.15, 0.2) is 0 Å². The van der Waals surface area contributed by atoms with Crippen LogP contribution in [-0.4, -0.2) is 6.29 Å². The monoisotopic (exact) mass is 334 g/mol. The molecule has 0 heterocycles. The highest BCUT2D eigenvalue weighted by molar-refractivity contribution is 9.09. The van der Waals surface area contributed by atoms with Gasteiger partial charge in [-0.3, -0.25) is 0 Å². The molecule has 0 amide bonds. The predicted octanol–water partition coefficient (Wildman–Crippen LogP) is 4.36. The fourth-order valence-electron chi connectivity index (χ4n) is 1.30. The van der Waals surface area contributed by atoms with E-state index < -0.39 is 33.9 Å². The van der Waals surface area contributed by atoms with Crippen molar-refractivity contribution >= 4 is 22.2 Å². The lowest BCUT2D eigenvalue weighted by atomic mass is 10.0. The van der Waals surface area contributed by atoms with Crippen molar-refractivity contribution in [2.45, 2.75) is 17.2 Å². The highest BCUT2D eigenvalue weighted by Gasteiger charge is 2.38. The number of carbonyl (C=O) groups is 1. The molecule has 0 aliphatic carbocycles. The van der Waals surface area contributed by atoms with E-state index in [1.165, 1.54) is 0 Å². The van der Waals surface area contributed by atoms with Gasteiger partial charge in [-0.15, -0.1) is 0 Å². The van der Waals surface area contributed by atoms with Gasteiger partial charge in [-0.2, -0.15) is 26.3 Å². The molecule has 0 aliphatic rings. The van der Waals surface area contributed by atoms with Crippen molar-refractivity contribution in [3.8, 4) is 0 Å². The average Bonchev–Trinajstić information content (AvgIpc) is 2.24. The number of carbonyl (C=O) groups excluding carboxylic acids is 1. The molecule has 100 valence electrons. The number of hydrogen-bond donors (Lipinski definition) is 0. The largest absolute Gasteiger partial charge is 0.416 e. The second kappa shape index (κ2) is 4.91. The SMILES string of the molecule is O=CC(Br)c1cc(C(F)(F)F)ccc1C(F)(F)F. The van der Waals surface area contributed by atoms with Crippen molar-refractivity contribution in [2.75, 3.05) is 0 Å². The summed E-state index contributed by atoms with van der Waals surface area (Å²) in [6.07, 6.45) is -9.51. The van der Waals surface area contributed by atoms with Crippen LogP contribution in [0.5, 0.6) is 0 Å². The number of rotatable bonds is 2. The maximum atomic E-state index is 12.6. The Morgan fingerprint density at radius 3 is 2.00 bits per heavy atom. The third-order valence-electron chi connectivity index (χ3n) is 2.10. The molecule has 1 rings (SSSR count). The van der Waals surface area contributed by atoms with Crippen LogP contribution in [0.15, 0.2) is 18.2 Å². The highest BCUT2D eigenvalue weighted by atomic mass is 79.9. The Morgan fingerprint density at radius 2 is 1.61 bits per heavy atom. The van der Waals surface area contributed by atoms with Crippen molar-refractivity contribution in [1.82, 2.24) is 0 Å². The third-order valence-corrected chi connectivity index (χ3v) is 2.81. The highest BCUT2D eigenvalue weighted by Crippen LogP contribution is 2.40. The van der Waals surface area contributed by atoms with Crippen LogP contribution in [0.3, 0.4) is 0 Å². The Kier molecular flexibility index (Phi) is 4.09. The van der Waals surface area contributed by atoms with E-state index in [4.69, 9.17) is 0 Å². The van der Waals surface area contributed by atoms with Gasteiger partial charge in [0.05, 0.1) is 16.0 Å². The molecule has 0 radical (unpaired) electrons. The summed E-state index contributed by atoms with van der Waals surface area (Å²) >= 11 is 2.59. The Labute approximate surface area is 106 Å². The first-order valence-corrected chi connectivity index (χ1v) is 5.36. The molecule has 0 aliphatic heterocycles. The zero-order valence-corrected chi connectivity index (χ0v) is 10.0. The molecule has 0 saturated carbocycles. The standard InChI is InChI=1S/C10H5BrF6O/c11-8(4-18)6-3-5(9(12,13)14)1-2-7(6)10(15,16)17/h1-4,8H. The number of aldehydes is 1. The normalized spacial score (nSPS) is 14.4. The summed E-state index contributed by atoms with van der Waals surface area (Å²) in [6, 6.07) is 0.962. The first kappa shape index (κ1) is 15.0. The molecular formula is C10H5BrF6O. The number of hydrogen-bond acceptors (Lipinski definition) is 1. The van der Waals surface area contributed by atoms with Crippen LogP contribution in [0.4, 0.5) is 26.3 Å². The smallest absolute Gasteiger partial charge is 0.302 e. The summed E-state index contributed by atoms with van der Waals surface area (Å²) in [5.74, 6) is 0. The molecule has 0 bridgehead atoms. The summed E-state index contributed by atoms with van der Waals surface area (Å²) in [4.78, 5) is 9.00. The topological polar surface area (TPSA) is 17.1 Å². The summed E-state index contributed by atoms with van der Waals surface area (Å²) in [6.45, 7) is 0. The van der Waals surface area contributed by atoms with Gasteiger partial charge in [0.2, 0.25) is 0 Å². The zero-order chi connectivity index (χ0) is 14.1. The van der Waals surface area contributed by atoms with Crippen molar-refractivity contribution in [3.63, 3.8) is 0 Å². The molecule has 8 heteroatoms. The van der Waals surface area contributed by atoms with E-state index in [0.29, 0.717) is 18.2 Å². The molecule has 1 aromatic rings. The van der Waals surface area contributed by atoms with E-state index in [9.17, 15) is 31.1 Å². The van der Waals surface area contributed by atoms with Crippen LogP contribution in [0.2, 0.25) is 0 Å². The summed E-state index contributed by atoms with van der Waals surface area (Å²) < 4.78 is 74.8. The number of alkyl halides is 7. The van der Waals surface area contributed by atoms with Gasteiger partial charge in [-0.25, -0.2) is 0 Å². The first-order valence-electron chi connectivity index (χ1n) is 4.45. The van der Waals surface area contributed by atoms with E-state index in [-0.39, 0.29) is 6.29 Å². The molecule has 1 unspecified atom stereocenters. The lowest BCUT2D eigenvalue weighted by molar-refractivity contribution is -0.141. The molecule has 1 aromatic carbocycles. The van der Waals surface area contributed by atoms with E-state index >= 15 is 0 Å². The van der Waals surface area contributed by atoms with E-state index in [0.717, 1.165) is 0 Å². The summed E-state index contributed by atoms with van der Waals surface area (Å²) in [5, 5.41) is 0.